The molecule has 2 aliphatic rings. The lowest BCUT2D eigenvalue weighted by Crippen LogP contribution is -2.50. The molecule has 1 aliphatic carbocycles. The van der Waals surface area contributed by atoms with Gasteiger partial charge in [0.15, 0.2) is 0 Å². The van der Waals surface area contributed by atoms with Crippen molar-refractivity contribution in [1.82, 2.24) is 10.2 Å². The van der Waals surface area contributed by atoms with Crippen LogP contribution in [0.1, 0.15) is 32.1 Å². The third-order valence-electron chi connectivity index (χ3n) is 4.27. The van der Waals surface area contributed by atoms with Crippen LogP contribution in [-0.4, -0.2) is 42.9 Å². The maximum absolute atomic E-state index is 12.2. The molecule has 0 aromatic rings. The molecule has 1 heterocycles. The Kier molecular flexibility index (Phi) is 6.07. The van der Waals surface area contributed by atoms with Gasteiger partial charge in [-0.1, -0.05) is 6.42 Å². The fourth-order valence-corrected chi connectivity index (χ4v) is 3.10. The highest BCUT2D eigenvalue weighted by Crippen LogP contribution is 2.31. The number of carbonyl (C=O) groups excluding carboxylic acids is 2. The lowest BCUT2D eigenvalue weighted by molar-refractivity contribution is -0.134. The third-order valence-corrected chi connectivity index (χ3v) is 4.27. The van der Waals surface area contributed by atoms with Crippen molar-refractivity contribution in [2.45, 2.75) is 38.1 Å². The van der Waals surface area contributed by atoms with Gasteiger partial charge in [0.25, 0.3) is 0 Å². The van der Waals surface area contributed by atoms with E-state index in [4.69, 9.17) is 5.73 Å². The maximum atomic E-state index is 12.2. The highest BCUT2D eigenvalue weighted by atomic mass is 35.5. The monoisotopic (exact) mass is 289 g/mol. The quantitative estimate of drug-likeness (QED) is 0.795. The number of nitrogens with two attached hydrogens (primary N) is 1. The molecule has 19 heavy (non-hydrogen) atoms. The molecule has 0 aromatic carbocycles. The van der Waals surface area contributed by atoms with Gasteiger partial charge in [-0.3, -0.25) is 9.59 Å². The Morgan fingerprint density at radius 3 is 2.79 bits per heavy atom. The number of piperidine rings is 1. The first-order valence-electron chi connectivity index (χ1n) is 6.86. The van der Waals surface area contributed by atoms with E-state index in [0.29, 0.717) is 25.4 Å². The second kappa shape index (κ2) is 7.10. The summed E-state index contributed by atoms with van der Waals surface area (Å²) in [4.78, 5) is 25.3. The molecule has 3 atom stereocenters. The summed E-state index contributed by atoms with van der Waals surface area (Å²) in [7, 11) is 1.79. The fourth-order valence-electron chi connectivity index (χ4n) is 3.10. The van der Waals surface area contributed by atoms with Gasteiger partial charge in [0.05, 0.1) is 0 Å². The number of rotatable bonds is 3. The molecule has 3 N–H and O–H groups in total. The summed E-state index contributed by atoms with van der Waals surface area (Å²) < 4.78 is 0. The molecule has 5 nitrogen and oxygen atoms in total. The molecule has 1 aliphatic heterocycles. The summed E-state index contributed by atoms with van der Waals surface area (Å²) in [5.41, 5.74) is 5.70. The molecule has 0 spiro atoms. The molecule has 0 aromatic heterocycles. The molecule has 2 rings (SSSR count). The normalized spacial score (nSPS) is 30.9. The van der Waals surface area contributed by atoms with Crippen molar-refractivity contribution in [3.8, 4) is 0 Å². The predicted octanol–water partition coefficient (Wildman–Crippen LogP) is 0.520. The first kappa shape index (κ1) is 16.2. The van der Waals surface area contributed by atoms with Crippen molar-refractivity contribution >= 4 is 24.2 Å². The molecule has 2 amide bonds. The topological polar surface area (TPSA) is 75.4 Å². The van der Waals surface area contributed by atoms with E-state index in [1.165, 1.54) is 0 Å². The van der Waals surface area contributed by atoms with Crippen LogP contribution >= 0.6 is 12.4 Å². The Balaban J connectivity index is 0.00000180. The number of likely N-dealkylation sites (tertiary alicyclic amines) is 1. The summed E-state index contributed by atoms with van der Waals surface area (Å²) in [5.74, 6) is 0.725. The van der Waals surface area contributed by atoms with Gasteiger partial charge in [-0.05, 0) is 31.7 Å². The van der Waals surface area contributed by atoms with E-state index in [-0.39, 0.29) is 36.2 Å². The molecule has 0 bridgehead atoms. The van der Waals surface area contributed by atoms with Crippen LogP contribution in [-0.2, 0) is 9.59 Å². The van der Waals surface area contributed by atoms with Crippen molar-refractivity contribution in [3.63, 3.8) is 0 Å². The Bertz CT molecular complexity index is 338. The molecule has 1 unspecified atom stereocenters. The first-order chi connectivity index (χ1) is 8.61. The minimum Gasteiger partial charge on any atom is -0.351 e. The predicted molar refractivity (Wildman–Crippen MR) is 75.9 cm³/mol. The smallest absolute Gasteiger partial charge is 0.223 e. The van der Waals surface area contributed by atoms with Crippen molar-refractivity contribution in [2.75, 3.05) is 20.1 Å². The van der Waals surface area contributed by atoms with Gasteiger partial charge in [-0.25, -0.2) is 0 Å². The van der Waals surface area contributed by atoms with Crippen LogP contribution in [0.4, 0.5) is 0 Å². The van der Waals surface area contributed by atoms with Crippen LogP contribution in [0.3, 0.4) is 0 Å². The summed E-state index contributed by atoms with van der Waals surface area (Å²) in [5, 5.41) is 3.09. The molecular formula is C13H24ClN3O2. The van der Waals surface area contributed by atoms with Crippen molar-refractivity contribution in [1.29, 1.82) is 0 Å². The number of hydrogen-bond donors (Lipinski definition) is 2. The third kappa shape index (κ3) is 3.83. The van der Waals surface area contributed by atoms with E-state index in [1.54, 1.807) is 11.9 Å². The highest BCUT2D eigenvalue weighted by molar-refractivity contribution is 5.85. The van der Waals surface area contributed by atoms with Crippen LogP contribution in [0.5, 0.6) is 0 Å². The number of nitrogens with one attached hydrogen (secondary N) is 1. The molecular weight excluding hydrogens is 266 g/mol. The molecule has 2 fully saturated rings. The standard InChI is InChI=1S/C13H23N3O2.ClH/c1-16-8-10(5-6-12(16)17)15-13(18)11-4-2-3-9(11)7-14;/h9-11H,2-8,14H2,1H3,(H,15,18);1H/t9-,10?,11-;/m1./s1. The number of nitrogens with zero attached hydrogens (tertiary/aromatic N) is 1. The average Bonchev–Trinajstić information content (AvgIpc) is 2.82. The van der Waals surface area contributed by atoms with E-state index < -0.39 is 0 Å². The summed E-state index contributed by atoms with van der Waals surface area (Å²) in [6, 6.07) is 0.110. The van der Waals surface area contributed by atoms with E-state index >= 15 is 0 Å². The largest absolute Gasteiger partial charge is 0.351 e. The Morgan fingerprint density at radius 1 is 1.42 bits per heavy atom. The van der Waals surface area contributed by atoms with Crippen LogP contribution in [0.25, 0.3) is 0 Å². The lowest BCUT2D eigenvalue weighted by atomic mass is 9.94. The molecule has 110 valence electrons. The molecule has 1 saturated carbocycles. The number of halogens is 1. The molecule has 1 saturated heterocycles. The van der Waals surface area contributed by atoms with Gasteiger partial charge >= 0.3 is 0 Å². The van der Waals surface area contributed by atoms with Gasteiger partial charge in [0, 0.05) is 32.0 Å². The van der Waals surface area contributed by atoms with E-state index in [0.717, 1.165) is 25.7 Å². The zero-order valence-corrected chi connectivity index (χ0v) is 12.2. The molecule has 0 radical (unpaired) electrons. The molecule has 6 heteroatoms. The van der Waals surface area contributed by atoms with Crippen LogP contribution < -0.4 is 11.1 Å². The average molecular weight is 290 g/mol. The first-order valence-corrected chi connectivity index (χ1v) is 6.86. The zero-order valence-electron chi connectivity index (χ0n) is 11.4. The maximum Gasteiger partial charge on any atom is 0.223 e. The summed E-state index contributed by atoms with van der Waals surface area (Å²) >= 11 is 0. The summed E-state index contributed by atoms with van der Waals surface area (Å²) in [6.45, 7) is 1.23. The fraction of sp³-hybridized carbons (Fsp3) is 0.846. The van der Waals surface area contributed by atoms with E-state index in [1.807, 2.05) is 0 Å². The number of hydrogen-bond acceptors (Lipinski definition) is 3. The van der Waals surface area contributed by atoms with Crippen molar-refractivity contribution < 1.29 is 9.59 Å². The van der Waals surface area contributed by atoms with E-state index in [2.05, 4.69) is 5.32 Å². The minimum absolute atomic E-state index is 0. The SMILES string of the molecule is CN1CC(NC(=O)[C@@H]2CCC[C@@H]2CN)CCC1=O.Cl. The van der Waals surface area contributed by atoms with E-state index in [9.17, 15) is 9.59 Å². The Morgan fingerprint density at radius 2 is 2.16 bits per heavy atom. The summed E-state index contributed by atoms with van der Waals surface area (Å²) in [6.07, 6.45) is 4.41. The lowest BCUT2D eigenvalue weighted by Gasteiger charge is -2.31. The number of amides is 2. The zero-order chi connectivity index (χ0) is 13.1. The Hall–Kier alpha value is -0.810. The van der Waals surface area contributed by atoms with Gasteiger partial charge in [-0.15, -0.1) is 12.4 Å². The number of carbonyl (C=O) groups is 2. The number of likely N-dealkylation sites (N-methyl/N-ethyl adjacent to an activating group) is 1. The van der Waals surface area contributed by atoms with Gasteiger partial charge in [0.2, 0.25) is 11.8 Å². The van der Waals surface area contributed by atoms with Gasteiger partial charge < -0.3 is 16.0 Å². The minimum atomic E-state index is 0. The van der Waals surface area contributed by atoms with Gasteiger partial charge in [-0.2, -0.15) is 0 Å². The van der Waals surface area contributed by atoms with Crippen LogP contribution in [0.15, 0.2) is 0 Å². The second-order valence-electron chi connectivity index (χ2n) is 5.55. The van der Waals surface area contributed by atoms with Gasteiger partial charge in [0.1, 0.15) is 0 Å². The highest BCUT2D eigenvalue weighted by Gasteiger charge is 2.33. The van der Waals surface area contributed by atoms with Crippen molar-refractivity contribution in [2.24, 2.45) is 17.6 Å². The Labute approximate surface area is 120 Å². The second-order valence-corrected chi connectivity index (χ2v) is 5.55. The van der Waals surface area contributed by atoms with Crippen LogP contribution in [0.2, 0.25) is 0 Å². The van der Waals surface area contributed by atoms with Crippen LogP contribution in [0, 0.1) is 11.8 Å². The van der Waals surface area contributed by atoms with Crippen molar-refractivity contribution in [3.05, 3.63) is 0 Å².